The molecule has 4 saturated carbocycles. The number of hydrogen-bond acceptors (Lipinski definition) is 2. The Morgan fingerprint density at radius 2 is 2.00 bits per heavy atom. The molecule has 5 rings (SSSR count). The van der Waals surface area contributed by atoms with Crippen molar-refractivity contribution in [1.82, 2.24) is 5.32 Å². The third-order valence-corrected chi connectivity index (χ3v) is 6.48. The fourth-order valence-corrected chi connectivity index (χ4v) is 6.42. The van der Waals surface area contributed by atoms with Crippen LogP contribution in [0.5, 0.6) is 0 Å². The number of carboxylic acids is 1. The molecule has 2 unspecified atom stereocenters. The van der Waals surface area contributed by atoms with E-state index in [4.69, 9.17) is 5.11 Å². The van der Waals surface area contributed by atoms with Gasteiger partial charge >= 0.3 is 5.97 Å². The molecule has 4 fully saturated rings. The largest absolute Gasteiger partial charge is 0.478 e. The molecule has 0 aromatic heterocycles. The van der Waals surface area contributed by atoms with Gasteiger partial charge in [-0.25, -0.2) is 4.79 Å². The highest BCUT2D eigenvalue weighted by atomic mass is 16.4. The van der Waals surface area contributed by atoms with Gasteiger partial charge in [-0.15, -0.1) is 0 Å². The molecule has 4 aliphatic rings. The molecule has 1 aromatic carbocycles. The number of benzene rings is 1. The van der Waals surface area contributed by atoms with Crippen LogP contribution in [0.1, 0.15) is 61.4 Å². The van der Waals surface area contributed by atoms with Gasteiger partial charge in [-0.05, 0) is 78.9 Å². The van der Waals surface area contributed by atoms with Crippen molar-refractivity contribution in [2.24, 2.45) is 22.7 Å². The highest BCUT2D eigenvalue weighted by molar-refractivity contribution is 5.87. The Bertz CT molecular complexity index is 610. The van der Waals surface area contributed by atoms with Gasteiger partial charge in [0.1, 0.15) is 0 Å². The average molecular weight is 313 g/mol. The molecule has 2 atom stereocenters. The molecule has 4 bridgehead atoms. The first-order chi connectivity index (χ1) is 11.0. The van der Waals surface area contributed by atoms with Gasteiger partial charge in [0.25, 0.3) is 0 Å². The molecule has 3 nitrogen and oxygen atoms in total. The average Bonchev–Trinajstić information content (AvgIpc) is 2.44. The minimum absolute atomic E-state index is 0.381. The fraction of sp³-hybridized carbons (Fsp3) is 0.650. The molecule has 0 amide bonds. The number of carboxylic acid groups (broad SMARTS) is 1. The molecular weight excluding hydrogens is 286 g/mol. The van der Waals surface area contributed by atoms with Crippen LogP contribution in [0.25, 0.3) is 0 Å². The Balaban J connectivity index is 1.40. The Labute approximate surface area is 138 Å². The Morgan fingerprint density at radius 3 is 2.65 bits per heavy atom. The van der Waals surface area contributed by atoms with Crippen molar-refractivity contribution in [3.63, 3.8) is 0 Å². The highest BCUT2D eigenvalue weighted by Gasteiger charge is 2.55. The molecule has 0 heterocycles. The van der Waals surface area contributed by atoms with Crippen molar-refractivity contribution in [1.29, 1.82) is 0 Å². The van der Waals surface area contributed by atoms with Gasteiger partial charge in [-0.2, -0.15) is 0 Å². The molecule has 3 heteroatoms. The molecule has 0 saturated heterocycles. The van der Waals surface area contributed by atoms with E-state index in [2.05, 4.69) is 12.2 Å². The van der Waals surface area contributed by atoms with Crippen molar-refractivity contribution in [2.45, 2.75) is 52.0 Å². The zero-order chi connectivity index (χ0) is 16.1. The summed E-state index contributed by atoms with van der Waals surface area (Å²) in [7, 11) is 0. The summed E-state index contributed by atoms with van der Waals surface area (Å²) < 4.78 is 0. The number of carbonyl (C=O) groups is 1. The predicted octanol–water partition coefficient (Wildman–Crippen LogP) is 4.08. The van der Waals surface area contributed by atoms with Crippen molar-refractivity contribution in [2.75, 3.05) is 6.54 Å². The van der Waals surface area contributed by atoms with Gasteiger partial charge in [0, 0.05) is 13.1 Å². The summed E-state index contributed by atoms with van der Waals surface area (Å²) in [5.41, 5.74) is 2.55. The van der Waals surface area contributed by atoms with Gasteiger partial charge in [-0.3, -0.25) is 0 Å². The zero-order valence-electron chi connectivity index (χ0n) is 14.0. The van der Waals surface area contributed by atoms with Crippen LogP contribution in [0.4, 0.5) is 0 Å². The second-order valence-electron chi connectivity index (χ2n) is 8.88. The van der Waals surface area contributed by atoms with Crippen molar-refractivity contribution < 1.29 is 9.90 Å². The lowest BCUT2D eigenvalue weighted by Gasteiger charge is -2.61. The quantitative estimate of drug-likeness (QED) is 0.861. The van der Waals surface area contributed by atoms with Crippen LogP contribution < -0.4 is 5.32 Å². The summed E-state index contributed by atoms with van der Waals surface area (Å²) in [6.07, 6.45) is 8.56. The van der Waals surface area contributed by atoms with Crippen LogP contribution in [-0.4, -0.2) is 17.6 Å². The van der Waals surface area contributed by atoms with E-state index >= 15 is 0 Å². The summed E-state index contributed by atoms with van der Waals surface area (Å²) >= 11 is 0. The lowest BCUT2D eigenvalue weighted by Crippen LogP contribution is -2.54. The molecule has 23 heavy (non-hydrogen) atoms. The first-order valence-corrected chi connectivity index (χ1v) is 8.98. The van der Waals surface area contributed by atoms with E-state index in [9.17, 15) is 4.79 Å². The summed E-state index contributed by atoms with van der Waals surface area (Å²) in [5, 5.41) is 12.7. The summed E-state index contributed by atoms with van der Waals surface area (Å²) in [6, 6.07) is 7.30. The first-order valence-electron chi connectivity index (χ1n) is 8.98. The van der Waals surface area contributed by atoms with Crippen LogP contribution in [0.3, 0.4) is 0 Å². The van der Waals surface area contributed by atoms with Crippen molar-refractivity contribution in [3.8, 4) is 0 Å². The number of rotatable bonds is 5. The molecule has 0 radical (unpaired) electrons. The maximum atomic E-state index is 11.1. The van der Waals surface area contributed by atoms with E-state index < -0.39 is 5.97 Å². The molecule has 0 aliphatic heterocycles. The third kappa shape index (κ3) is 2.91. The Morgan fingerprint density at radius 1 is 1.26 bits per heavy atom. The van der Waals surface area contributed by atoms with Crippen LogP contribution in [-0.2, 0) is 6.54 Å². The van der Waals surface area contributed by atoms with E-state index in [-0.39, 0.29) is 0 Å². The van der Waals surface area contributed by atoms with Gasteiger partial charge < -0.3 is 10.4 Å². The lowest BCUT2D eigenvalue weighted by atomic mass is 9.44. The second kappa shape index (κ2) is 5.34. The van der Waals surface area contributed by atoms with Crippen LogP contribution in [0.15, 0.2) is 24.3 Å². The van der Waals surface area contributed by atoms with E-state index in [1.807, 2.05) is 12.1 Å². The van der Waals surface area contributed by atoms with E-state index in [0.29, 0.717) is 16.4 Å². The SMILES string of the molecule is CC12CC3CC(C1)CC(CNCc1cccc(C(=O)O)c1)(C3)C2. The highest BCUT2D eigenvalue weighted by Crippen LogP contribution is 2.64. The molecule has 4 aliphatic carbocycles. The smallest absolute Gasteiger partial charge is 0.335 e. The standard InChI is InChI=1S/C20H27NO2/c1-19-7-15-5-16(8-19)10-20(9-15,12-19)13-21-11-14-3-2-4-17(6-14)18(22)23/h2-4,6,15-16,21H,5,7-13H2,1H3,(H,22,23). The van der Waals surface area contributed by atoms with Gasteiger partial charge in [0.05, 0.1) is 5.56 Å². The fourth-order valence-electron chi connectivity index (χ4n) is 6.42. The van der Waals surface area contributed by atoms with E-state index in [0.717, 1.165) is 30.5 Å². The minimum atomic E-state index is -0.846. The lowest BCUT2D eigenvalue weighted by molar-refractivity contribution is -0.0999. The Hall–Kier alpha value is -1.35. The van der Waals surface area contributed by atoms with Crippen molar-refractivity contribution in [3.05, 3.63) is 35.4 Å². The van der Waals surface area contributed by atoms with Crippen LogP contribution in [0.2, 0.25) is 0 Å². The number of aromatic carboxylic acids is 1. The molecular formula is C20H27NO2. The minimum Gasteiger partial charge on any atom is -0.478 e. The second-order valence-corrected chi connectivity index (χ2v) is 8.88. The predicted molar refractivity (Wildman–Crippen MR) is 90.3 cm³/mol. The zero-order valence-corrected chi connectivity index (χ0v) is 14.0. The third-order valence-electron chi connectivity index (χ3n) is 6.48. The van der Waals surface area contributed by atoms with Gasteiger partial charge in [0.2, 0.25) is 0 Å². The summed E-state index contributed by atoms with van der Waals surface area (Å²) in [4.78, 5) is 11.1. The topological polar surface area (TPSA) is 49.3 Å². The Kier molecular flexibility index (Phi) is 3.53. The number of hydrogen-bond donors (Lipinski definition) is 2. The van der Waals surface area contributed by atoms with Crippen LogP contribution >= 0.6 is 0 Å². The maximum absolute atomic E-state index is 11.1. The van der Waals surface area contributed by atoms with Crippen LogP contribution in [0, 0.1) is 22.7 Å². The van der Waals surface area contributed by atoms with Crippen molar-refractivity contribution >= 4 is 5.97 Å². The number of nitrogens with one attached hydrogen (secondary N) is 1. The molecule has 1 aromatic rings. The molecule has 0 spiro atoms. The monoisotopic (exact) mass is 313 g/mol. The summed E-state index contributed by atoms with van der Waals surface area (Å²) in [6.45, 7) is 4.37. The van der Waals surface area contributed by atoms with E-state index in [1.54, 1.807) is 12.1 Å². The maximum Gasteiger partial charge on any atom is 0.335 e. The molecule has 124 valence electrons. The van der Waals surface area contributed by atoms with Gasteiger partial charge in [-0.1, -0.05) is 19.1 Å². The van der Waals surface area contributed by atoms with E-state index in [1.165, 1.54) is 38.5 Å². The summed E-state index contributed by atoms with van der Waals surface area (Å²) in [5.74, 6) is 1.07. The normalized spacial score (nSPS) is 38.0. The first kappa shape index (κ1) is 15.2. The van der Waals surface area contributed by atoms with Gasteiger partial charge in [0.15, 0.2) is 0 Å². The molecule has 2 N–H and O–H groups in total.